The molecule has 1 amide bonds. The number of ether oxygens (including phenoxy) is 2. The summed E-state index contributed by atoms with van der Waals surface area (Å²) >= 11 is 0. The Bertz CT molecular complexity index is 1110. The number of esters is 1. The predicted molar refractivity (Wildman–Crippen MR) is 115 cm³/mol. The summed E-state index contributed by atoms with van der Waals surface area (Å²) in [6.45, 7) is 5.26. The molecule has 3 rings (SSSR count). The van der Waals surface area contributed by atoms with E-state index in [-0.39, 0.29) is 23.9 Å². The number of alkyl carbamates (subject to hydrolysis) is 1. The molecule has 8 nitrogen and oxygen atoms in total. The van der Waals surface area contributed by atoms with Gasteiger partial charge < -0.3 is 19.8 Å². The average molecular weight is 423 g/mol. The molecule has 0 saturated heterocycles. The standard InChI is InChI=1S/C23H25N3O5/c1-14(2)19(25-23(29)30-13-16-9-5-4-6-10-16)22(28)31-15(3)20-24-18-12-8-7-11-17(18)21(27)26-20/h4-12,14-15,19H,13H2,1-3H3,(H,25,29)(H,24,26,27)/t15-,19+/m1/s1. The van der Waals surface area contributed by atoms with Crippen molar-refractivity contribution in [3.8, 4) is 0 Å². The number of hydrogen-bond donors (Lipinski definition) is 2. The van der Waals surface area contributed by atoms with E-state index in [9.17, 15) is 14.4 Å². The van der Waals surface area contributed by atoms with Crippen molar-refractivity contribution in [1.29, 1.82) is 0 Å². The maximum absolute atomic E-state index is 12.7. The summed E-state index contributed by atoms with van der Waals surface area (Å²) in [4.78, 5) is 44.2. The number of carbonyl (C=O) groups is 2. The van der Waals surface area contributed by atoms with Gasteiger partial charge in [-0.15, -0.1) is 0 Å². The van der Waals surface area contributed by atoms with Crippen LogP contribution in [-0.4, -0.2) is 28.1 Å². The van der Waals surface area contributed by atoms with E-state index >= 15 is 0 Å². The fraction of sp³-hybridized carbons (Fsp3) is 0.304. The topological polar surface area (TPSA) is 110 Å². The Hall–Kier alpha value is -3.68. The fourth-order valence-corrected chi connectivity index (χ4v) is 2.99. The van der Waals surface area contributed by atoms with Crippen LogP contribution in [0.15, 0.2) is 59.4 Å². The molecule has 2 atom stereocenters. The second kappa shape index (κ2) is 9.88. The molecule has 1 aromatic heterocycles. The zero-order chi connectivity index (χ0) is 22.4. The van der Waals surface area contributed by atoms with Gasteiger partial charge in [-0.3, -0.25) is 4.79 Å². The van der Waals surface area contributed by atoms with Gasteiger partial charge in [0, 0.05) is 0 Å². The Labute approximate surface area is 179 Å². The lowest BCUT2D eigenvalue weighted by molar-refractivity contribution is -0.152. The highest BCUT2D eigenvalue weighted by molar-refractivity contribution is 5.82. The van der Waals surface area contributed by atoms with Gasteiger partial charge in [0.1, 0.15) is 12.6 Å². The lowest BCUT2D eigenvalue weighted by Crippen LogP contribution is -2.45. The van der Waals surface area contributed by atoms with Crippen LogP contribution >= 0.6 is 0 Å². The molecule has 0 unspecified atom stereocenters. The maximum Gasteiger partial charge on any atom is 0.408 e. The first kappa shape index (κ1) is 22.0. The smallest absolute Gasteiger partial charge is 0.408 e. The van der Waals surface area contributed by atoms with Gasteiger partial charge in [0.15, 0.2) is 11.9 Å². The predicted octanol–water partition coefficient (Wildman–Crippen LogP) is 3.48. The van der Waals surface area contributed by atoms with E-state index in [4.69, 9.17) is 9.47 Å². The number of hydrogen-bond acceptors (Lipinski definition) is 6. The lowest BCUT2D eigenvalue weighted by Gasteiger charge is -2.22. The van der Waals surface area contributed by atoms with Gasteiger partial charge in [0.25, 0.3) is 5.56 Å². The van der Waals surface area contributed by atoms with Gasteiger partial charge in [-0.2, -0.15) is 0 Å². The Morgan fingerprint density at radius 1 is 1.03 bits per heavy atom. The normalized spacial score (nSPS) is 12.9. The highest BCUT2D eigenvalue weighted by atomic mass is 16.6. The Balaban J connectivity index is 1.64. The number of fused-ring (bicyclic) bond motifs is 1. The summed E-state index contributed by atoms with van der Waals surface area (Å²) in [5.41, 5.74) is 1.03. The van der Waals surface area contributed by atoms with Crippen LogP contribution in [-0.2, 0) is 20.9 Å². The number of para-hydroxylation sites is 1. The van der Waals surface area contributed by atoms with Gasteiger partial charge in [-0.05, 0) is 30.5 Å². The van der Waals surface area contributed by atoms with Crippen LogP contribution in [0.25, 0.3) is 10.9 Å². The molecule has 0 spiro atoms. The molecule has 0 aliphatic heterocycles. The number of carbonyl (C=O) groups excluding carboxylic acids is 2. The summed E-state index contributed by atoms with van der Waals surface area (Å²) in [7, 11) is 0. The van der Waals surface area contributed by atoms with Crippen molar-refractivity contribution in [3.05, 3.63) is 76.3 Å². The number of nitrogens with zero attached hydrogens (tertiary/aromatic N) is 1. The largest absolute Gasteiger partial charge is 0.453 e. The summed E-state index contributed by atoms with van der Waals surface area (Å²) in [5.74, 6) is -0.659. The number of nitrogens with one attached hydrogen (secondary N) is 2. The van der Waals surface area contributed by atoms with Crippen molar-refractivity contribution in [2.45, 2.75) is 39.5 Å². The van der Waals surface area contributed by atoms with Crippen LogP contribution in [0.3, 0.4) is 0 Å². The number of amides is 1. The second-order valence-corrected chi connectivity index (χ2v) is 7.48. The Kier molecular flexibility index (Phi) is 7.02. The number of rotatable bonds is 7. The molecule has 2 N–H and O–H groups in total. The Morgan fingerprint density at radius 3 is 2.42 bits per heavy atom. The minimum Gasteiger partial charge on any atom is -0.453 e. The van der Waals surface area contributed by atoms with E-state index in [1.54, 1.807) is 45.0 Å². The van der Waals surface area contributed by atoms with Crippen molar-refractivity contribution >= 4 is 23.0 Å². The molecule has 0 saturated carbocycles. The number of aromatic nitrogens is 2. The van der Waals surface area contributed by atoms with Crippen molar-refractivity contribution in [2.24, 2.45) is 5.92 Å². The average Bonchev–Trinajstić information content (AvgIpc) is 2.76. The monoisotopic (exact) mass is 423 g/mol. The van der Waals surface area contributed by atoms with Crippen molar-refractivity contribution in [3.63, 3.8) is 0 Å². The summed E-state index contributed by atoms with van der Waals surface area (Å²) in [6, 6.07) is 15.2. The third-order valence-electron chi connectivity index (χ3n) is 4.72. The highest BCUT2D eigenvalue weighted by Crippen LogP contribution is 2.17. The van der Waals surface area contributed by atoms with E-state index in [0.717, 1.165) is 5.56 Å². The molecule has 162 valence electrons. The molecule has 2 aromatic carbocycles. The third-order valence-corrected chi connectivity index (χ3v) is 4.72. The quantitative estimate of drug-likeness (QED) is 0.563. The van der Waals surface area contributed by atoms with Crippen LogP contribution in [0.1, 0.15) is 38.3 Å². The molecule has 8 heteroatoms. The first-order chi connectivity index (χ1) is 14.8. The maximum atomic E-state index is 12.7. The van der Waals surface area contributed by atoms with Gasteiger partial charge in [-0.1, -0.05) is 56.3 Å². The van der Waals surface area contributed by atoms with E-state index in [1.165, 1.54) is 0 Å². The molecule has 0 bridgehead atoms. The zero-order valence-electron chi connectivity index (χ0n) is 17.6. The first-order valence-electron chi connectivity index (χ1n) is 10.0. The van der Waals surface area contributed by atoms with E-state index in [1.807, 2.05) is 30.3 Å². The number of benzene rings is 2. The highest BCUT2D eigenvalue weighted by Gasteiger charge is 2.28. The number of H-pyrrole nitrogens is 1. The molecule has 0 aliphatic carbocycles. The fourth-order valence-electron chi connectivity index (χ4n) is 2.99. The van der Waals surface area contributed by atoms with Crippen LogP contribution < -0.4 is 10.9 Å². The van der Waals surface area contributed by atoms with Gasteiger partial charge >= 0.3 is 12.1 Å². The molecule has 3 aromatic rings. The van der Waals surface area contributed by atoms with Crippen LogP contribution in [0.4, 0.5) is 4.79 Å². The van der Waals surface area contributed by atoms with E-state index in [0.29, 0.717) is 10.9 Å². The second-order valence-electron chi connectivity index (χ2n) is 7.48. The van der Waals surface area contributed by atoms with Crippen molar-refractivity contribution in [2.75, 3.05) is 0 Å². The SMILES string of the molecule is CC(C)[C@H](NC(=O)OCc1ccccc1)C(=O)O[C@H](C)c1nc2ccccc2c(=O)[nH]1. The molecule has 0 fully saturated rings. The minimum atomic E-state index is -0.919. The lowest BCUT2D eigenvalue weighted by atomic mass is 10.1. The summed E-state index contributed by atoms with van der Waals surface area (Å²) in [6.07, 6.45) is -1.53. The van der Waals surface area contributed by atoms with Gasteiger partial charge in [0.2, 0.25) is 0 Å². The Morgan fingerprint density at radius 2 is 1.71 bits per heavy atom. The van der Waals surface area contributed by atoms with Crippen LogP contribution in [0, 0.1) is 5.92 Å². The molecule has 1 heterocycles. The first-order valence-corrected chi connectivity index (χ1v) is 10.0. The molecule has 31 heavy (non-hydrogen) atoms. The van der Waals surface area contributed by atoms with E-state index in [2.05, 4.69) is 15.3 Å². The summed E-state index contributed by atoms with van der Waals surface area (Å²) < 4.78 is 10.7. The third kappa shape index (κ3) is 5.69. The molecule has 0 aliphatic rings. The van der Waals surface area contributed by atoms with E-state index < -0.39 is 24.2 Å². The zero-order valence-corrected chi connectivity index (χ0v) is 17.6. The summed E-state index contributed by atoms with van der Waals surface area (Å²) in [5, 5.41) is 3.01. The van der Waals surface area contributed by atoms with Gasteiger partial charge in [-0.25, -0.2) is 14.6 Å². The minimum absolute atomic E-state index is 0.0885. The van der Waals surface area contributed by atoms with Crippen LogP contribution in [0.2, 0.25) is 0 Å². The van der Waals surface area contributed by atoms with Crippen molar-refractivity contribution < 1.29 is 19.1 Å². The molecule has 0 radical (unpaired) electrons. The number of aromatic amines is 1. The molecular formula is C23H25N3O5. The molecular weight excluding hydrogens is 398 g/mol. The van der Waals surface area contributed by atoms with Gasteiger partial charge in [0.05, 0.1) is 10.9 Å². The van der Waals surface area contributed by atoms with Crippen LogP contribution in [0.5, 0.6) is 0 Å². The van der Waals surface area contributed by atoms with Crippen molar-refractivity contribution in [1.82, 2.24) is 15.3 Å².